The van der Waals surface area contributed by atoms with Crippen LogP contribution in [0.15, 0.2) is 18.7 Å². The van der Waals surface area contributed by atoms with Gasteiger partial charge in [0.1, 0.15) is 0 Å². The summed E-state index contributed by atoms with van der Waals surface area (Å²) in [5.41, 5.74) is 0. The summed E-state index contributed by atoms with van der Waals surface area (Å²) in [5.74, 6) is 1.86. The second-order valence-corrected chi connectivity index (χ2v) is 5.04. The van der Waals surface area contributed by atoms with Crippen molar-refractivity contribution in [2.45, 2.75) is 32.2 Å². The minimum atomic E-state index is 0.326. The van der Waals surface area contributed by atoms with Crippen LogP contribution in [0, 0.1) is 5.92 Å². The quantitative estimate of drug-likeness (QED) is 0.676. The number of hydrogen-bond acceptors (Lipinski definition) is 3. The fourth-order valence-corrected chi connectivity index (χ4v) is 2.68. The van der Waals surface area contributed by atoms with Gasteiger partial charge in [0.2, 0.25) is 0 Å². The Balaban J connectivity index is 2.08. The lowest BCUT2D eigenvalue weighted by atomic mass is 10.0. The van der Waals surface area contributed by atoms with Crippen LogP contribution in [-0.4, -0.2) is 33.3 Å². The molecule has 4 heteroatoms. The molecule has 92 valence electrons. The fourth-order valence-electron chi connectivity index (χ4n) is 1.88. The zero-order valence-corrected chi connectivity index (χ0v) is 10.8. The molecule has 0 radical (unpaired) electrons. The van der Waals surface area contributed by atoms with Crippen molar-refractivity contribution in [1.82, 2.24) is 9.55 Å². The molecule has 1 heterocycles. The van der Waals surface area contributed by atoms with Crippen LogP contribution >= 0.6 is 11.8 Å². The van der Waals surface area contributed by atoms with Gasteiger partial charge in [0.25, 0.3) is 0 Å². The Morgan fingerprint density at radius 1 is 1.38 bits per heavy atom. The molecule has 1 aromatic rings. The zero-order chi connectivity index (χ0) is 11.6. The predicted molar refractivity (Wildman–Crippen MR) is 69.7 cm³/mol. The lowest BCUT2D eigenvalue weighted by Gasteiger charge is -2.14. The van der Waals surface area contributed by atoms with Gasteiger partial charge >= 0.3 is 0 Å². The van der Waals surface area contributed by atoms with Crippen LogP contribution in [0.1, 0.15) is 25.7 Å². The van der Waals surface area contributed by atoms with E-state index < -0.39 is 0 Å². The highest BCUT2D eigenvalue weighted by Crippen LogP contribution is 2.17. The number of aromatic nitrogens is 2. The minimum Gasteiger partial charge on any atom is -0.396 e. The molecule has 0 spiro atoms. The average Bonchev–Trinajstić information content (AvgIpc) is 2.78. The van der Waals surface area contributed by atoms with E-state index >= 15 is 0 Å². The van der Waals surface area contributed by atoms with Crippen molar-refractivity contribution in [2.75, 3.05) is 18.6 Å². The monoisotopic (exact) mass is 242 g/mol. The molecule has 0 aliphatic heterocycles. The first-order valence-corrected chi connectivity index (χ1v) is 7.31. The summed E-state index contributed by atoms with van der Waals surface area (Å²) < 4.78 is 2.12. The lowest BCUT2D eigenvalue weighted by molar-refractivity contribution is 0.258. The SMILES string of the molecule is CSC[C@H](CCO)CCCCn1ccnc1. The maximum Gasteiger partial charge on any atom is 0.0945 e. The topological polar surface area (TPSA) is 38.0 Å². The van der Waals surface area contributed by atoms with Crippen molar-refractivity contribution in [3.63, 3.8) is 0 Å². The molecule has 1 aromatic heterocycles. The number of unbranched alkanes of at least 4 members (excludes halogenated alkanes) is 1. The number of aliphatic hydroxyl groups is 1. The summed E-state index contributed by atoms with van der Waals surface area (Å²) in [5, 5.41) is 8.95. The number of nitrogens with zero attached hydrogens (tertiary/aromatic N) is 2. The Hall–Kier alpha value is -0.480. The summed E-state index contributed by atoms with van der Waals surface area (Å²) in [6.07, 6.45) is 12.5. The molecule has 0 aromatic carbocycles. The molecule has 0 saturated heterocycles. The zero-order valence-electron chi connectivity index (χ0n) is 10.0. The summed E-state index contributed by atoms with van der Waals surface area (Å²) >= 11 is 1.88. The second-order valence-electron chi connectivity index (χ2n) is 4.13. The van der Waals surface area contributed by atoms with E-state index in [9.17, 15) is 0 Å². The van der Waals surface area contributed by atoms with Crippen molar-refractivity contribution < 1.29 is 5.11 Å². The number of thioether (sulfide) groups is 1. The average molecular weight is 242 g/mol. The van der Waals surface area contributed by atoms with Gasteiger partial charge in [-0.25, -0.2) is 4.98 Å². The van der Waals surface area contributed by atoms with Gasteiger partial charge in [-0.05, 0) is 37.2 Å². The first-order valence-electron chi connectivity index (χ1n) is 5.92. The van der Waals surface area contributed by atoms with Gasteiger partial charge in [-0.15, -0.1) is 0 Å². The largest absolute Gasteiger partial charge is 0.396 e. The smallest absolute Gasteiger partial charge is 0.0945 e. The maximum absolute atomic E-state index is 8.95. The van der Waals surface area contributed by atoms with E-state index in [4.69, 9.17) is 5.11 Å². The number of aliphatic hydroxyl groups excluding tert-OH is 1. The first kappa shape index (κ1) is 13.6. The van der Waals surface area contributed by atoms with E-state index in [0.717, 1.165) is 13.0 Å². The highest BCUT2D eigenvalue weighted by atomic mass is 32.2. The van der Waals surface area contributed by atoms with Gasteiger partial charge in [0.05, 0.1) is 6.33 Å². The number of hydrogen-bond donors (Lipinski definition) is 1. The Bertz CT molecular complexity index is 246. The van der Waals surface area contributed by atoms with Crippen LogP contribution in [0.25, 0.3) is 0 Å². The molecule has 16 heavy (non-hydrogen) atoms. The molecular formula is C12H22N2OS. The van der Waals surface area contributed by atoms with Crippen molar-refractivity contribution in [3.8, 4) is 0 Å². The Morgan fingerprint density at radius 3 is 2.88 bits per heavy atom. The van der Waals surface area contributed by atoms with Gasteiger partial charge in [-0.3, -0.25) is 0 Å². The molecule has 1 rings (SSSR count). The molecule has 0 aliphatic carbocycles. The van der Waals surface area contributed by atoms with E-state index in [1.165, 1.54) is 25.0 Å². The molecule has 1 atom stereocenters. The third kappa shape index (κ3) is 5.56. The molecule has 0 bridgehead atoms. The summed E-state index contributed by atoms with van der Waals surface area (Å²) in [6, 6.07) is 0. The van der Waals surface area contributed by atoms with Crippen molar-refractivity contribution in [1.29, 1.82) is 0 Å². The standard InChI is InChI=1S/C12H22N2OS/c1-16-10-12(5-9-15)4-2-3-7-14-8-6-13-11-14/h6,8,11-12,15H,2-5,7,9-10H2,1H3/t12-/m0/s1. The number of rotatable bonds is 9. The van der Waals surface area contributed by atoms with Gasteiger partial charge in [0, 0.05) is 25.5 Å². The summed E-state index contributed by atoms with van der Waals surface area (Å²) in [6.45, 7) is 1.39. The molecule has 0 fully saturated rings. The van der Waals surface area contributed by atoms with Gasteiger partial charge in [-0.2, -0.15) is 11.8 Å². The Labute approximate surface area is 102 Å². The molecule has 3 nitrogen and oxygen atoms in total. The molecule has 0 amide bonds. The van der Waals surface area contributed by atoms with Crippen molar-refractivity contribution in [3.05, 3.63) is 18.7 Å². The molecule has 1 N–H and O–H groups in total. The highest BCUT2D eigenvalue weighted by Gasteiger charge is 2.06. The van der Waals surface area contributed by atoms with Crippen LogP contribution in [0.5, 0.6) is 0 Å². The maximum atomic E-state index is 8.95. The van der Waals surface area contributed by atoms with Crippen LogP contribution in [0.3, 0.4) is 0 Å². The van der Waals surface area contributed by atoms with Gasteiger partial charge in [0.15, 0.2) is 0 Å². The Kier molecular flexibility index (Phi) is 7.34. The van der Waals surface area contributed by atoms with Crippen molar-refractivity contribution in [2.24, 2.45) is 5.92 Å². The fraction of sp³-hybridized carbons (Fsp3) is 0.750. The third-order valence-corrected chi connectivity index (χ3v) is 3.58. The molecular weight excluding hydrogens is 220 g/mol. The molecule has 0 unspecified atom stereocenters. The van der Waals surface area contributed by atoms with Crippen LogP contribution in [0.4, 0.5) is 0 Å². The van der Waals surface area contributed by atoms with E-state index in [1.807, 2.05) is 30.5 Å². The molecule has 0 saturated carbocycles. The second kappa shape index (κ2) is 8.65. The van der Waals surface area contributed by atoms with Crippen LogP contribution < -0.4 is 0 Å². The van der Waals surface area contributed by atoms with Gasteiger partial charge in [-0.1, -0.05) is 6.42 Å². The summed E-state index contributed by atoms with van der Waals surface area (Å²) in [4.78, 5) is 4.02. The van der Waals surface area contributed by atoms with Crippen LogP contribution in [0.2, 0.25) is 0 Å². The summed E-state index contributed by atoms with van der Waals surface area (Å²) in [7, 11) is 0. The van der Waals surface area contributed by atoms with E-state index in [-0.39, 0.29) is 0 Å². The van der Waals surface area contributed by atoms with E-state index in [1.54, 1.807) is 0 Å². The third-order valence-electron chi connectivity index (χ3n) is 2.78. The first-order chi connectivity index (χ1) is 7.86. The Morgan fingerprint density at radius 2 is 2.25 bits per heavy atom. The van der Waals surface area contributed by atoms with E-state index in [2.05, 4.69) is 15.8 Å². The normalized spacial score (nSPS) is 12.9. The predicted octanol–water partition coefficient (Wildman–Crippen LogP) is 2.42. The minimum absolute atomic E-state index is 0.326. The van der Waals surface area contributed by atoms with Crippen molar-refractivity contribution >= 4 is 11.8 Å². The number of aryl methyl sites for hydroxylation is 1. The molecule has 0 aliphatic rings. The highest BCUT2D eigenvalue weighted by molar-refractivity contribution is 7.98. The lowest BCUT2D eigenvalue weighted by Crippen LogP contribution is -2.07. The van der Waals surface area contributed by atoms with Gasteiger partial charge < -0.3 is 9.67 Å². The van der Waals surface area contributed by atoms with E-state index in [0.29, 0.717) is 12.5 Å². The number of imidazole rings is 1. The van der Waals surface area contributed by atoms with Crippen LogP contribution in [-0.2, 0) is 6.54 Å².